The Hall–Kier alpha value is -2.71. The maximum Gasteiger partial charge on any atom is 0.446 e. The molecule has 0 N–H and O–H groups in total. The van der Waals surface area contributed by atoms with Crippen molar-refractivity contribution in [1.29, 1.82) is 0 Å². The summed E-state index contributed by atoms with van der Waals surface area (Å²) in [5.74, 6) is -1.63. The van der Waals surface area contributed by atoms with Crippen LogP contribution in [0.3, 0.4) is 0 Å². The standard InChI is InChI=1S/C24H16BrF3O3S/c25-19-5-1-4-18(11-19)23(31)21(16-9-7-15(14-29)8-10-16)13-22(30)17-3-2-6-20(12-17)32-24(26,27)28/h1-12,14,21H,13H2. The maximum atomic E-state index is 13.3. The molecular weight excluding hydrogens is 505 g/mol. The van der Waals surface area contributed by atoms with Crippen LogP contribution in [0.5, 0.6) is 0 Å². The van der Waals surface area contributed by atoms with Crippen molar-refractivity contribution in [3.05, 3.63) is 99.5 Å². The maximum absolute atomic E-state index is 13.3. The van der Waals surface area contributed by atoms with Crippen LogP contribution >= 0.6 is 27.7 Å². The van der Waals surface area contributed by atoms with Crippen molar-refractivity contribution in [1.82, 2.24) is 0 Å². The van der Waals surface area contributed by atoms with E-state index in [0.717, 1.165) is 0 Å². The van der Waals surface area contributed by atoms with Crippen LogP contribution in [0.1, 0.15) is 49.0 Å². The van der Waals surface area contributed by atoms with Crippen LogP contribution in [0.15, 0.2) is 82.2 Å². The lowest BCUT2D eigenvalue weighted by molar-refractivity contribution is -0.0328. The minimum atomic E-state index is -4.47. The molecule has 3 rings (SSSR count). The summed E-state index contributed by atoms with van der Waals surface area (Å²) >= 11 is 3.02. The van der Waals surface area contributed by atoms with Gasteiger partial charge in [0.1, 0.15) is 6.29 Å². The third kappa shape index (κ3) is 6.40. The van der Waals surface area contributed by atoms with Crippen LogP contribution in [0.2, 0.25) is 0 Å². The molecule has 3 aromatic rings. The SMILES string of the molecule is O=Cc1ccc(C(CC(=O)c2cccc(SC(F)(F)F)c2)C(=O)c2cccc(Br)c2)cc1. The number of hydrogen-bond acceptors (Lipinski definition) is 4. The number of alkyl halides is 3. The topological polar surface area (TPSA) is 51.2 Å². The molecule has 164 valence electrons. The minimum Gasteiger partial charge on any atom is -0.298 e. The lowest BCUT2D eigenvalue weighted by Crippen LogP contribution is -2.17. The number of rotatable bonds is 8. The highest BCUT2D eigenvalue weighted by Gasteiger charge is 2.30. The molecule has 32 heavy (non-hydrogen) atoms. The molecule has 0 radical (unpaired) electrons. The number of carbonyl (C=O) groups is 3. The fourth-order valence-electron chi connectivity index (χ4n) is 3.18. The van der Waals surface area contributed by atoms with E-state index in [1.807, 2.05) is 0 Å². The van der Waals surface area contributed by atoms with Gasteiger partial charge in [-0.3, -0.25) is 14.4 Å². The molecule has 0 spiro atoms. The molecule has 8 heteroatoms. The summed E-state index contributed by atoms with van der Waals surface area (Å²) in [5, 5.41) is 0. The highest BCUT2D eigenvalue weighted by Crippen LogP contribution is 2.37. The van der Waals surface area contributed by atoms with Crippen molar-refractivity contribution in [3.8, 4) is 0 Å². The Kier molecular flexibility index (Phi) is 7.69. The van der Waals surface area contributed by atoms with Gasteiger partial charge in [-0.25, -0.2) is 0 Å². The molecule has 3 aromatic carbocycles. The highest BCUT2D eigenvalue weighted by molar-refractivity contribution is 9.10. The lowest BCUT2D eigenvalue weighted by Gasteiger charge is -2.17. The fourth-order valence-corrected chi connectivity index (χ4v) is 4.18. The number of aldehydes is 1. The van der Waals surface area contributed by atoms with Gasteiger partial charge in [-0.05, 0) is 41.6 Å². The van der Waals surface area contributed by atoms with Gasteiger partial charge in [0, 0.05) is 32.5 Å². The Bertz CT molecular complexity index is 1140. The smallest absolute Gasteiger partial charge is 0.298 e. The summed E-state index contributed by atoms with van der Waals surface area (Å²) in [6.45, 7) is 0. The van der Waals surface area contributed by atoms with E-state index in [4.69, 9.17) is 0 Å². The normalized spacial score (nSPS) is 12.2. The molecule has 0 aliphatic carbocycles. The van der Waals surface area contributed by atoms with Crippen LogP contribution in [0.25, 0.3) is 0 Å². The second-order valence-corrected chi connectivity index (χ2v) is 8.97. The van der Waals surface area contributed by atoms with Gasteiger partial charge in [0.2, 0.25) is 0 Å². The number of thioether (sulfide) groups is 1. The first kappa shape index (κ1) is 23.9. The van der Waals surface area contributed by atoms with Crippen molar-refractivity contribution < 1.29 is 27.6 Å². The molecule has 0 aliphatic heterocycles. The van der Waals surface area contributed by atoms with Crippen molar-refractivity contribution in [2.45, 2.75) is 22.7 Å². The number of Topliss-reactive ketones (excluding diaryl/α,β-unsaturated/α-hetero) is 2. The minimum absolute atomic E-state index is 0.0933. The molecule has 0 saturated heterocycles. The van der Waals surface area contributed by atoms with Crippen molar-refractivity contribution in [2.24, 2.45) is 0 Å². The Balaban J connectivity index is 1.93. The molecule has 0 amide bonds. The zero-order chi connectivity index (χ0) is 23.3. The van der Waals surface area contributed by atoms with E-state index in [2.05, 4.69) is 15.9 Å². The van der Waals surface area contributed by atoms with Gasteiger partial charge in [0.25, 0.3) is 0 Å². The first-order chi connectivity index (χ1) is 15.2. The molecule has 3 nitrogen and oxygen atoms in total. The second kappa shape index (κ2) is 10.3. The van der Waals surface area contributed by atoms with E-state index in [1.165, 1.54) is 24.3 Å². The van der Waals surface area contributed by atoms with Gasteiger partial charge in [-0.1, -0.05) is 64.5 Å². The number of benzene rings is 3. The van der Waals surface area contributed by atoms with E-state index in [9.17, 15) is 27.6 Å². The summed E-state index contributed by atoms with van der Waals surface area (Å²) in [6.07, 6.45) is 0.440. The largest absolute Gasteiger partial charge is 0.446 e. The third-order valence-electron chi connectivity index (χ3n) is 4.68. The second-order valence-electron chi connectivity index (χ2n) is 6.91. The Morgan fingerprint density at radius 2 is 1.59 bits per heavy atom. The van der Waals surface area contributed by atoms with E-state index in [0.29, 0.717) is 27.4 Å². The number of halogens is 4. The van der Waals surface area contributed by atoms with Gasteiger partial charge in [0.05, 0.1) is 5.92 Å². The van der Waals surface area contributed by atoms with Crippen molar-refractivity contribution in [2.75, 3.05) is 0 Å². The summed E-state index contributed by atoms with van der Waals surface area (Å²) in [7, 11) is 0. The monoisotopic (exact) mass is 520 g/mol. The molecule has 0 saturated carbocycles. The van der Waals surface area contributed by atoms with Crippen molar-refractivity contribution >= 4 is 45.5 Å². The predicted octanol–water partition coefficient (Wildman–Crippen LogP) is 7.11. The van der Waals surface area contributed by atoms with Gasteiger partial charge in [-0.2, -0.15) is 13.2 Å². The molecule has 0 bridgehead atoms. The molecular formula is C24H16BrF3O3S. The summed E-state index contributed by atoms with van der Waals surface area (Å²) in [6, 6.07) is 18.3. The van der Waals surface area contributed by atoms with E-state index in [-0.39, 0.29) is 34.4 Å². The van der Waals surface area contributed by atoms with E-state index < -0.39 is 17.2 Å². The highest BCUT2D eigenvalue weighted by atomic mass is 79.9. The average Bonchev–Trinajstić information content (AvgIpc) is 2.76. The van der Waals surface area contributed by atoms with Gasteiger partial charge in [-0.15, -0.1) is 0 Å². The number of hydrogen-bond donors (Lipinski definition) is 0. The fraction of sp³-hybridized carbons (Fsp3) is 0.125. The predicted molar refractivity (Wildman–Crippen MR) is 120 cm³/mol. The lowest BCUT2D eigenvalue weighted by atomic mass is 9.85. The van der Waals surface area contributed by atoms with Crippen LogP contribution in [-0.2, 0) is 0 Å². The van der Waals surface area contributed by atoms with Crippen LogP contribution in [0, 0.1) is 0 Å². The molecule has 0 fully saturated rings. The van der Waals surface area contributed by atoms with E-state index in [1.54, 1.807) is 48.5 Å². The first-order valence-electron chi connectivity index (χ1n) is 9.40. The van der Waals surface area contributed by atoms with Gasteiger partial charge < -0.3 is 0 Å². The first-order valence-corrected chi connectivity index (χ1v) is 11.0. The quantitative estimate of drug-likeness (QED) is 0.180. The third-order valence-corrected chi connectivity index (χ3v) is 5.89. The number of ketones is 2. The zero-order valence-electron chi connectivity index (χ0n) is 16.4. The Morgan fingerprint density at radius 1 is 0.938 bits per heavy atom. The summed E-state index contributed by atoms with van der Waals surface area (Å²) < 4.78 is 38.8. The van der Waals surface area contributed by atoms with Gasteiger partial charge in [0.15, 0.2) is 11.6 Å². The average molecular weight is 521 g/mol. The molecule has 1 unspecified atom stereocenters. The van der Waals surface area contributed by atoms with Crippen LogP contribution < -0.4 is 0 Å². The zero-order valence-corrected chi connectivity index (χ0v) is 18.8. The van der Waals surface area contributed by atoms with Crippen LogP contribution in [-0.4, -0.2) is 23.4 Å². The van der Waals surface area contributed by atoms with Crippen molar-refractivity contribution in [3.63, 3.8) is 0 Å². The Morgan fingerprint density at radius 3 is 2.22 bits per heavy atom. The summed E-state index contributed by atoms with van der Waals surface area (Å²) in [4.78, 5) is 37.1. The summed E-state index contributed by atoms with van der Waals surface area (Å²) in [5.41, 5.74) is -3.03. The molecule has 0 aromatic heterocycles. The van der Waals surface area contributed by atoms with Crippen LogP contribution in [0.4, 0.5) is 13.2 Å². The molecule has 1 atom stereocenters. The van der Waals surface area contributed by atoms with E-state index >= 15 is 0 Å². The molecule has 0 heterocycles. The van der Waals surface area contributed by atoms with Gasteiger partial charge >= 0.3 is 5.51 Å². The molecule has 0 aliphatic rings. The Labute approximate surface area is 195 Å². The number of carbonyl (C=O) groups excluding carboxylic acids is 3.